The van der Waals surface area contributed by atoms with E-state index in [4.69, 9.17) is 0 Å². The Kier molecular flexibility index (Phi) is 9.64. The van der Waals surface area contributed by atoms with Crippen LogP contribution in [0.1, 0.15) is 33.6 Å². The molecule has 0 atom stereocenters. The molecule has 0 heterocycles. The maximum absolute atomic E-state index is 12.2. The molecule has 0 saturated heterocycles. The largest absolute Gasteiger partial charge is 0.317 e. The van der Waals surface area contributed by atoms with Crippen LogP contribution in [0.2, 0.25) is 0 Å². The summed E-state index contributed by atoms with van der Waals surface area (Å²) in [6.07, 6.45) is 1.91. The summed E-state index contributed by atoms with van der Waals surface area (Å²) in [4.78, 5) is 2.07. The minimum atomic E-state index is -3.38. The van der Waals surface area contributed by atoms with E-state index in [1.165, 1.54) is 4.31 Å². The van der Waals surface area contributed by atoms with E-state index >= 15 is 0 Å². The van der Waals surface area contributed by atoms with Gasteiger partial charge in [0.15, 0.2) is 0 Å². The van der Waals surface area contributed by atoms with Crippen molar-refractivity contribution >= 4 is 10.2 Å². The minimum absolute atomic E-state index is 0.0971. The van der Waals surface area contributed by atoms with Crippen LogP contribution in [0.25, 0.3) is 0 Å². The Labute approximate surface area is 131 Å². The van der Waals surface area contributed by atoms with Crippen molar-refractivity contribution in [3.8, 4) is 0 Å². The molecule has 0 aromatic rings. The van der Waals surface area contributed by atoms with Crippen LogP contribution >= 0.6 is 0 Å². The van der Waals surface area contributed by atoms with Crippen LogP contribution in [0.5, 0.6) is 0 Å². The molecule has 0 amide bonds. The zero-order valence-corrected chi connectivity index (χ0v) is 15.4. The third-order valence-corrected chi connectivity index (χ3v) is 4.65. The molecule has 0 radical (unpaired) electrons. The van der Waals surface area contributed by atoms with Crippen LogP contribution in [0.15, 0.2) is 0 Å². The predicted octanol–water partition coefficient (Wildman–Crippen LogP) is 0.730. The first-order valence-corrected chi connectivity index (χ1v) is 9.11. The third kappa shape index (κ3) is 10.2. The molecule has 0 aliphatic rings. The Hall–Kier alpha value is -0.210. The van der Waals surface area contributed by atoms with Crippen molar-refractivity contribution in [3.05, 3.63) is 0 Å². The van der Waals surface area contributed by atoms with Gasteiger partial charge in [0.05, 0.1) is 0 Å². The van der Waals surface area contributed by atoms with Crippen LogP contribution in [-0.2, 0) is 10.2 Å². The summed E-state index contributed by atoms with van der Waals surface area (Å²) in [5.41, 5.74) is -0.0971. The van der Waals surface area contributed by atoms with E-state index < -0.39 is 10.2 Å². The number of nitrogens with zero attached hydrogens (tertiary/aromatic N) is 2. The van der Waals surface area contributed by atoms with Crippen molar-refractivity contribution in [2.75, 3.05) is 53.9 Å². The number of nitrogens with one attached hydrogen (secondary N) is 2. The van der Waals surface area contributed by atoms with E-state index in [9.17, 15) is 8.42 Å². The van der Waals surface area contributed by atoms with E-state index in [-0.39, 0.29) is 5.41 Å². The van der Waals surface area contributed by atoms with Gasteiger partial charge in [0.2, 0.25) is 0 Å². The lowest BCUT2D eigenvalue weighted by molar-refractivity contribution is 0.241. The van der Waals surface area contributed by atoms with Crippen molar-refractivity contribution in [2.24, 2.45) is 5.41 Å². The number of rotatable bonds is 12. The van der Waals surface area contributed by atoms with Crippen molar-refractivity contribution in [1.82, 2.24) is 19.2 Å². The highest BCUT2D eigenvalue weighted by atomic mass is 32.2. The first-order chi connectivity index (χ1) is 9.60. The molecule has 0 fully saturated rings. The molecular weight excluding hydrogens is 288 g/mol. The third-order valence-electron chi connectivity index (χ3n) is 3.14. The van der Waals surface area contributed by atoms with Crippen molar-refractivity contribution in [2.45, 2.75) is 33.6 Å². The molecule has 7 heteroatoms. The molecule has 0 aliphatic heterocycles. The fourth-order valence-corrected chi connectivity index (χ4v) is 3.32. The maximum atomic E-state index is 12.2. The Morgan fingerprint density at radius 3 is 2.24 bits per heavy atom. The molecule has 0 aromatic heterocycles. The van der Waals surface area contributed by atoms with Gasteiger partial charge in [-0.15, -0.1) is 0 Å². The first kappa shape index (κ1) is 20.8. The lowest BCUT2D eigenvalue weighted by Gasteiger charge is -2.29. The summed E-state index contributed by atoms with van der Waals surface area (Å²) in [7, 11) is 2.22. The smallest absolute Gasteiger partial charge is 0.279 e. The zero-order valence-electron chi connectivity index (χ0n) is 14.6. The molecule has 0 spiro atoms. The number of hydrogen-bond acceptors (Lipinski definition) is 4. The van der Waals surface area contributed by atoms with Gasteiger partial charge in [0.1, 0.15) is 0 Å². The molecule has 0 saturated carbocycles. The number of hydrogen-bond donors (Lipinski definition) is 2. The van der Waals surface area contributed by atoms with Gasteiger partial charge in [0.25, 0.3) is 10.2 Å². The lowest BCUT2D eigenvalue weighted by Crippen LogP contribution is -2.45. The fraction of sp³-hybridized carbons (Fsp3) is 1.00. The Morgan fingerprint density at radius 1 is 1.10 bits per heavy atom. The minimum Gasteiger partial charge on any atom is -0.317 e. The normalized spacial score (nSPS) is 13.3. The van der Waals surface area contributed by atoms with E-state index in [2.05, 4.69) is 35.7 Å². The van der Waals surface area contributed by atoms with E-state index in [0.717, 1.165) is 32.5 Å². The molecule has 0 rings (SSSR count). The summed E-state index contributed by atoms with van der Waals surface area (Å²) in [6.45, 7) is 9.86. The van der Waals surface area contributed by atoms with Gasteiger partial charge in [-0.25, -0.2) is 4.72 Å². The van der Waals surface area contributed by atoms with Gasteiger partial charge in [-0.3, -0.25) is 0 Å². The topological polar surface area (TPSA) is 64.7 Å². The van der Waals surface area contributed by atoms with Crippen molar-refractivity contribution in [3.63, 3.8) is 0 Å². The van der Waals surface area contributed by atoms with Gasteiger partial charge in [-0.05, 0) is 45.4 Å². The SMILES string of the molecule is CCCNCCCN(C)S(=O)(=O)NCC(C)(C)CN(C)C. The van der Waals surface area contributed by atoms with Crippen molar-refractivity contribution < 1.29 is 8.42 Å². The molecule has 0 bridgehead atoms. The molecule has 128 valence electrons. The molecule has 6 nitrogen and oxygen atoms in total. The monoisotopic (exact) mass is 322 g/mol. The quantitative estimate of drug-likeness (QED) is 0.520. The molecule has 0 aliphatic carbocycles. The molecule has 2 N–H and O–H groups in total. The highest BCUT2D eigenvalue weighted by Crippen LogP contribution is 2.15. The van der Waals surface area contributed by atoms with Crippen LogP contribution in [0.3, 0.4) is 0 Å². The predicted molar refractivity (Wildman–Crippen MR) is 89.7 cm³/mol. The molecule has 0 aromatic carbocycles. The van der Waals surface area contributed by atoms with Gasteiger partial charge in [0, 0.05) is 26.7 Å². The lowest BCUT2D eigenvalue weighted by atomic mass is 9.93. The van der Waals surface area contributed by atoms with Crippen LogP contribution in [0.4, 0.5) is 0 Å². The summed E-state index contributed by atoms with van der Waals surface area (Å²) < 4.78 is 28.4. The van der Waals surface area contributed by atoms with E-state index in [1.54, 1.807) is 7.05 Å². The van der Waals surface area contributed by atoms with E-state index in [0.29, 0.717) is 13.1 Å². The van der Waals surface area contributed by atoms with Crippen molar-refractivity contribution in [1.29, 1.82) is 0 Å². The standard InChI is InChI=1S/C14H34N4O2S/c1-7-9-15-10-8-11-18(6)21(19,20)16-12-14(2,3)13-17(4)5/h15-16H,7-13H2,1-6H3. The summed E-state index contributed by atoms with van der Waals surface area (Å²) >= 11 is 0. The van der Waals surface area contributed by atoms with Gasteiger partial charge < -0.3 is 10.2 Å². The molecule has 0 unspecified atom stereocenters. The second kappa shape index (κ2) is 9.74. The van der Waals surface area contributed by atoms with Gasteiger partial charge in [-0.2, -0.15) is 12.7 Å². The Balaban J connectivity index is 4.16. The van der Waals surface area contributed by atoms with Crippen LogP contribution in [-0.4, -0.2) is 71.5 Å². The van der Waals surface area contributed by atoms with Gasteiger partial charge >= 0.3 is 0 Å². The highest BCUT2D eigenvalue weighted by molar-refractivity contribution is 7.87. The van der Waals surface area contributed by atoms with Crippen LogP contribution in [0, 0.1) is 5.41 Å². The summed E-state index contributed by atoms with van der Waals surface area (Å²) in [5, 5.41) is 3.27. The summed E-state index contributed by atoms with van der Waals surface area (Å²) in [5.74, 6) is 0. The molecule has 21 heavy (non-hydrogen) atoms. The zero-order chi connectivity index (χ0) is 16.5. The fourth-order valence-electron chi connectivity index (χ4n) is 2.16. The Bertz CT molecular complexity index is 369. The first-order valence-electron chi connectivity index (χ1n) is 7.67. The maximum Gasteiger partial charge on any atom is 0.279 e. The van der Waals surface area contributed by atoms with Crippen LogP contribution < -0.4 is 10.0 Å². The average molecular weight is 323 g/mol. The average Bonchev–Trinajstić information content (AvgIpc) is 2.35. The van der Waals surface area contributed by atoms with Gasteiger partial charge in [-0.1, -0.05) is 20.8 Å². The second-order valence-corrected chi connectivity index (χ2v) is 8.52. The summed E-state index contributed by atoms with van der Waals surface area (Å²) in [6, 6.07) is 0. The molecular formula is C14H34N4O2S. The van der Waals surface area contributed by atoms with E-state index in [1.807, 2.05) is 14.1 Å². The Morgan fingerprint density at radius 2 is 1.71 bits per heavy atom. The highest BCUT2D eigenvalue weighted by Gasteiger charge is 2.24. The second-order valence-electron chi connectivity index (χ2n) is 6.65.